The topological polar surface area (TPSA) is 9.23 Å². The first-order chi connectivity index (χ1) is 9.03. The number of ether oxygens (including phenoxy) is 1. The number of hydrogen-bond acceptors (Lipinski definition) is 1. The molecule has 1 aromatic carbocycles. The van der Waals surface area contributed by atoms with E-state index in [-0.39, 0.29) is 0 Å². The van der Waals surface area contributed by atoms with Gasteiger partial charge in [-0.2, -0.15) is 0 Å². The molecule has 1 nitrogen and oxygen atoms in total. The zero-order chi connectivity index (χ0) is 13.9. The summed E-state index contributed by atoms with van der Waals surface area (Å²) in [6.07, 6.45) is 4.88. The van der Waals surface area contributed by atoms with Gasteiger partial charge in [-0.15, -0.1) is 0 Å². The third-order valence-electron chi connectivity index (χ3n) is 4.38. The van der Waals surface area contributed by atoms with Crippen LogP contribution in [0.25, 0.3) is 0 Å². The molecule has 0 aromatic heterocycles. The summed E-state index contributed by atoms with van der Waals surface area (Å²) in [7, 11) is 0. The number of allylic oxidation sites excluding steroid dienone is 1. The van der Waals surface area contributed by atoms with Crippen LogP contribution in [0, 0.1) is 5.41 Å². The van der Waals surface area contributed by atoms with Gasteiger partial charge in [-0.3, -0.25) is 0 Å². The van der Waals surface area contributed by atoms with Crippen molar-refractivity contribution < 1.29 is 4.74 Å². The number of rotatable bonds is 4. The summed E-state index contributed by atoms with van der Waals surface area (Å²) in [5, 5.41) is 0. The van der Waals surface area contributed by atoms with Gasteiger partial charge in [0.2, 0.25) is 0 Å². The molecule has 0 atom stereocenters. The standard InChI is InChI=1S/C18H26O/c1-5-15-9-6-10-16(12-15)19-13-17-14(2)8-7-11-18(17,3)4/h6,9-10,12H,5,7-8,11,13H2,1-4H3. The second kappa shape index (κ2) is 5.81. The predicted molar refractivity (Wildman–Crippen MR) is 81.6 cm³/mol. The normalized spacial score (nSPS) is 18.5. The van der Waals surface area contributed by atoms with Crippen LogP contribution in [0.5, 0.6) is 5.75 Å². The monoisotopic (exact) mass is 258 g/mol. The van der Waals surface area contributed by atoms with Crippen molar-refractivity contribution in [2.45, 2.75) is 53.4 Å². The van der Waals surface area contributed by atoms with Crippen molar-refractivity contribution in [3.8, 4) is 5.75 Å². The van der Waals surface area contributed by atoms with Crippen LogP contribution in [0.4, 0.5) is 0 Å². The summed E-state index contributed by atoms with van der Waals surface area (Å²) in [6.45, 7) is 9.87. The fourth-order valence-electron chi connectivity index (χ4n) is 3.00. The lowest BCUT2D eigenvalue weighted by atomic mass is 9.73. The molecule has 0 amide bonds. The fraction of sp³-hybridized carbons (Fsp3) is 0.556. The van der Waals surface area contributed by atoms with Crippen LogP contribution >= 0.6 is 0 Å². The van der Waals surface area contributed by atoms with Crippen molar-refractivity contribution >= 4 is 0 Å². The maximum absolute atomic E-state index is 6.04. The Morgan fingerprint density at radius 2 is 2.05 bits per heavy atom. The SMILES string of the molecule is CCc1cccc(OCC2=C(C)CCCC2(C)C)c1. The highest BCUT2D eigenvalue weighted by atomic mass is 16.5. The zero-order valence-corrected chi connectivity index (χ0v) is 12.8. The molecule has 0 aliphatic heterocycles. The molecule has 0 unspecified atom stereocenters. The Morgan fingerprint density at radius 3 is 2.74 bits per heavy atom. The Balaban J connectivity index is 2.09. The summed E-state index contributed by atoms with van der Waals surface area (Å²) < 4.78 is 6.04. The Bertz CT molecular complexity index is 468. The van der Waals surface area contributed by atoms with Gasteiger partial charge < -0.3 is 4.74 Å². The smallest absolute Gasteiger partial charge is 0.120 e. The number of benzene rings is 1. The van der Waals surface area contributed by atoms with Gasteiger partial charge in [-0.1, -0.05) is 38.5 Å². The van der Waals surface area contributed by atoms with Gasteiger partial charge in [-0.25, -0.2) is 0 Å². The molecular weight excluding hydrogens is 232 g/mol. The molecule has 0 N–H and O–H groups in total. The molecular formula is C18H26O. The van der Waals surface area contributed by atoms with Crippen molar-refractivity contribution in [2.24, 2.45) is 5.41 Å². The average molecular weight is 258 g/mol. The molecule has 0 radical (unpaired) electrons. The molecule has 0 heterocycles. The van der Waals surface area contributed by atoms with E-state index in [1.807, 2.05) is 0 Å². The lowest BCUT2D eigenvalue weighted by Crippen LogP contribution is -2.24. The van der Waals surface area contributed by atoms with Crippen LogP contribution in [0.15, 0.2) is 35.4 Å². The first-order valence-corrected chi connectivity index (χ1v) is 7.44. The van der Waals surface area contributed by atoms with E-state index in [1.165, 1.54) is 36.0 Å². The van der Waals surface area contributed by atoms with Crippen molar-refractivity contribution in [3.05, 3.63) is 41.0 Å². The summed E-state index contributed by atoms with van der Waals surface area (Å²) in [4.78, 5) is 0. The van der Waals surface area contributed by atoms with Crippen molar-refractivity contribution in [1.82, 2.24) is 0 Å². The minimum Gasteiger partial charge on any atom is -0.489 e. The van der Waals surface area contributed by atoms with Gasteiger partial charge in [0.05, 0.1) is 0 Å². The lowest BCUT2D eigenvalue weighted by Gasteiger charge is -2.34. The molecule has 19 heavy (non-hydrogen) atoms. The molecule has 1 aliphatic rings. The van der Waals surface area contributed by atoms with E-state index in [0.29, 0.717) is 5.41 Å². The van der Waals surface area contributed by atoms with Gasteiger partial charge in [0.25, 0.3) is 0 Å². The van der Waals surface area contributed by atoms with E-state index in [1.54, 1.807) is 0 Å². The molecule has 0 saturated heterocycles. The molecule has 1 aliphatic carbocycles. The van der Waals surface area contributed by atoms with Crippen LogP contribution < -0.4 is 4.74 Å². The Hall–Kier alpha value is -1.24. The molecule has 0 spiro atoms. The molecule has 0 fully saturated rings. The predicted octanol–water partition coefficient (Wildman–Crippen LogP) is 5.15. The van der Waals surface area contributed by atoms with Crippen LogP contribution in [0.3, 0.4) is 0 Å². The highest BCUT2D eigenvalue weighted by Gasteiger charge is 2.28. The first-order valence-electron chi connectivity index (χ1n) is 7.44. The van der Waals surface area contributed by atoms with E-state index in [2.05, 4.69) is 52.0 Å². The Morgan fingerprint density at radius 1 is 1.26 bits per heavy atom. The highest BCUT2D eigenvalue weighted by Crippen LogP contribution is 2.40. The van der Waals surface area contributed by atoms with Crippen LogP contribution in [-0.2, 0) is 6.42 Å². The van der Waals surface area contributed by atoms with Gasteiger partial charge in [0, 0.05) is 0 Å². The third kappa shape index (κ3) is 3.40. The number of aryl methyl sites for hydroxylation is 1. The molecule has 1 aromatic rings. The van der Waals surface area contributed by atoms with E-state index >= 15 is 0 Å². The summed E-state index contributed by atoms with van der Waals surface area (Å²) >= 11 is 0. The first kappa shape index (κ1) is 14.2. The Labute approximate surface area is 117 Å². The fourth-order valence-corrected chi connectivity index (χ4v) is 3.00. The van der Waals surface area contributed by atoms with Gasteiger partial charge >= 0.3 is 0 Å². The largest absolute Gasteiger partial charge is 0.489 e. The second-order valence-corrected chi connectivity index (χ2v) is 6.29. The van der Waals surface area contributed by atoms with Gasteiger partial charge in [-0.05, 0) is 61.3 Å². The molecule has 1 heteroatoms. The molecule has 104 valence electrons. The van der Waals surface area contributed by atoms with Crippen LogP contribution in [0.2, 0.25) is 0 Å². The van der Waals surface area contributed by atoms with Crippen molar-refractivity contribution in [1.29, 1.82) is 0 Å². The van der Waals surface area contributed by atoms with E-state index in [0.717, 1.165) is 18.8 Å². The third-order valence-corrected chi connectivity index (χ3v) is 4.38. The summed E-state index contributed by atoms with van der Waals surface area (Å²) in [5.74, 6) is 1.00. The van der Waals surface area contributed by atoms with Gasteiger partial charge in [0.1, 0.15) is 12.4 Å². The van der Waals surface area contributed by atoms with Crippen molar-refractivity contribution in [3.63, 3.8) is 0 Å². The summed E-state index contributed by atoms with van der Waals surface area (Å²) in [5.41, 5.74) is 4.67. The van der Waals surface area contributed by atoms with Crippen LogP contribution in [-0.4, -0.2) is 6.61 Å². The quantitative estimate of drug-likeness (QED) is 0.678. The molecule has 2 rings (SSSR count). The average Bonchev–Trinajstić information content (AvgIpc) is 2.37. The van der Waals surface area contributed by atoms with Crippen molar-refractivity contribution in [2.75, 3.05) is 6.61 Å². The zero-order valence-electron chi connectivity index (χ0n) is 12.8. The maximum atomic E-state index is 6.04. The van der Waals surface area contributed by atoms with Gasteiger partial charge in [0.15, 0.2) is 0 Å². The summed E-state index contributed by atoms with van der Waals surface area (Å²) in [6, 6.07) is 8.46. The Kier molecular flexibility index (Phi) is 4.34. The van der Waals surface area contributed by atoms with E-state index < -0.39 is 0 Å². The maximum Gasteiger partial charge on any atom is 0.120 e. The molecule has 0 saturated carbocycles. The number of hydrogen-bond donors (Lipinski definition) is 0. The minimum absolute atomic E-state index is 0.296. The lowest BCUT2D eigenvalue weighted by molar-refractivity contribution is 0.277. The van der Waals surface area contributed by atoms with Crippen LogP contribution in [0.1, 0.15) is 52.5 Å². The van der Waals surface area contributed by atoms with E-state index in [9.17, 15) is 0 Å². The second-order valence-electron chi connectivity index (χ2n) is 6.29. The van der Waals surface area contributed by atoms with E-state index in [4.69, 9.17) is 4.74 Å². The molecule has 0 bridgehead atoms. The highest BCUT2D eigenvalue weighted by molar-refractivity contribution is 5.30. The minimum atomic E-state index is 0.296.